The molecule has 3 nitrogen and oxygen atoms in total. The molecular formula is C10H16ClN3. The van der Waals surface area contributed by atoms with Crippen LogP contribution in [0.2, 0.25) is 5.02 Å². The van der Waals surface area contributed by atoms with Crippen LogP contribution < -0.4 is 5.32 Å². The first-order valence-corrected chi connectivity index (χ1v) is 5.01. The number of halogens is 1. The van der Waals surface area contributed by atoms with Crippen LogP contribution in [0.25, 0.3) is 0 Å². The summed E-state index contributed by atoms with van der Waals surface area (Å²) in [6.45, 7) is 8.61. The summed E-state index contributed by atoms with van der Waals surface area (Å²) in [6, 6.07) is 0.301. The Morgan fingerprint density at radius 3 is 2.57 bits per heavy atom. The van der Waals surface area contributed by atoms with E-state index in [1.54, 1.807) is 6.20 Å². The van der Waals surface area contributed by atoms with Crippen LogP contribution in [0.15, 0.2) is 12.5 Å². The van der Waals surface area contributed by atoms with Gasteiger partial charge in [0.1, 0.15) is 17.2 Å². The molecule has 1 heterocycles. The highest BCUT2D eigenvalue weighted by atomic mass is 35.5. The highest BCUT2D eigenvalue weighted by molar-refractivity contribution is 6.32. The molecule has 1 unspecified atom stereocenters. The summed E-state index contributed by atoms with van der Waals surface area (Å²) < 4.78 is 0. The van der Waals surface area contributed by atoms with Crippen LogP contribution >= 0.6 is 11.6 Å². The highest BCUT2D eigenvalue weighted by Crippen LogP contribution is 2.24. The molecule has 0 spiro atoms. The lowest BCUT2D eigenvalue weighted by molar-refractivity contribution is 0.358. The smallest absolute Gasteiger partial charge is 0.148 e. The summed E-state index contributed by atoms with van der Waals surface area (Å²) >= 11 is 5.93. The molecule has 78 valence electrons. The minimum atomic E-state index is 0.175. The number of anilines is 1. The first-order valence-electron chi connectivity index (χ1n) is 4.63. The van der Waals surface area contributed by atoms with Crippen LogP contribution in [0.1, 0.15) is 27.7 Å². The SMILES string of the molecule is CC(Nc1ncncc1Cl)C(C)(C)C. The van der Waals surface area contributed by atoms with Gasteiger partial charge in [0, 0.05) is 6.04 Å². The lowest BCUT2D eigenvalue weighted by Crippen LogP contribution is -2.31. The van der Waals surface area contributed by atoms with E-state index in [0.29, 0.717) is 16.9 Å². The maximum absolute atomic E-state index is 5.93. The van der Waals surface area contributed by atoms with E-state index in [4.69, 9.17) is 11.6 Å². The fourth-order valence-corrected chi connectivity index (χ4v) is 1.00. The van der Waals surface area contributed by atoms with E-state index in [0.717, 1.165) is 0 Å². The van der Waals surface area contributed by atoms with Crippen molar-refractivity contribution in [2.75, 3.05) is 5.32 Å². The van der Waals surface area contributed by atoms with Crippen molar-refractivity contribution in [1.29, 1.82) is 0 Å². The summed E-state index contributed by atoms with van der Waals surface area (Å²) in [6.07, 6.45) is 3.08. The lowest BCUT2D eigenvalue weighted by Gasteiger charge is -2.28. The first-order chi connectivity index (χ1) is 6.41. The second-order valence-electron chi connectivity index (χ2n) is 4.45. The van der Waals surface area contributed by atoms with Crippen LogP contribution in [0.4, 0.5) is 5.82 Å². The molecule has 0 aliphatic heterocycles. The number of rotatable bonds is 2. The summed E-state index contributed by atoms with van der Waals surface area (Å²) in [5.74, 6) is 0.698. The van der Waals surface area contributed by atoms with Crippen molar-refractivity contribution in [2.45, 2.75) is 33.7 Å². The Bertz CT molecular complexity index is 306. The van der Waals surface area contributed by atoms with Crippen molar-refractivity contribution in [3.05, 3.63) is 17.5 Å². The topological polar surface area (TPSA) is 37.8 Å². The zero-order chi connectivity index (χ0) is 10.8. The molecule has 0 aliphatic carbocycles. The van der Waals surface area contributed by atoms with E-state index < -0.39 is 0 Å². The Morgan fingerprint density at radius 1 is 1.43 bits per heavy atom. The van der Waals surface area contributed by atoms with E-state index in [9.17, 15) is 0 Å². The molecule has 0 bridgehead atoms. The molecule has 1 N–H and O–H groups in total. The monoisotopic (exact) mass is 213 g/mol. The third-order valence-corrected chi connectivity index (χ3v) is 2.60. The normalized spacial score (nSPS) is 13.8. The molecule has 0 aliphatic rings. The second kappa shape index (κ2) is 4.13. The van der Waals surface area contributed by atoms with Gasteiger partial charge in [-0.15, -0.1) is 0 Å². The zero-order valence-electron chi connectivity index (χ0n) is 9.00. The van der Waals surface area contributed by atoms with Crippen LogP contribution in [0.5, 0.6) is 0 Å². The van der Waals surface area contributed by atoms with Gasteiger partial charge >= 0.3 is 0 Å². The van der Waals surface area contributed by atoms with Gasteiger partial charge in [-0.1, -0.05) is 32.4 Å². The highest BCUT2D eigenvalue weighted by Gasteiger charge is 2.20. The van der Waals surface area contributed by atoms with Gasteiger partial charge in [-0.05, 0) is 12.3 Å². The Kier molecular flexibility index (Phi) is 3.32. The Balaban J connectivity index is 2.75. The number of hydrogen-bond acceptors (Lipinski definition) is 3. The number of aromatic nitrogens is 2. The van der Waals surface area contributed by atoms with Gasteiger partial charge < -0.3 is 5.32 Å². The van der Waals surface area contributed by atoms with Gasteiger partial charge in [0.15, 0.2) is 0 Å². The van der Waals surface area contributed by atoms with Crippen molar-refractivity contribution >= 4 is 17.4 Å². The predicted molar refractivity (Wildman–Crippen MR) is 59.6 cm³/mol. The van der Waals surface area contributed by atoms with Crippen LogP contribution in [0.3, 0.4) is 0 Å². The molecule has 0 saturated carbocycles. The third-order valence-electron chi connectivity index (χ3n) is 2.32. The van der Waals surface area contributed by atoms with Gasteiger partial charge in [0.2, 0.25) is 0 Å². The van der Waals surface area contributed by atoms with Crippen LogP contribution in [-0.4, -0.2) is 16.0 Å². The fraction of sp³-hybridized carbons (Fsp3) is 0.600. The molecule has 14 heavy (non-hydrogen) atoms. The molecule has 1 atom stereocenters. The molecule has 1 aromatic heterocycles. The Morgan fingerprint density at radius 2 is 2.07 bits per heavy atom. The van der Waals surface area contributed by atoms with Gasteiger partial charge in [-0.3, -0.25) is 0 Å². The molecule has 0 radical (unpaired) electrons. The van der Waals surface area contributed by atoms with E-state index in [1.807, 2.05) is 0 Å². The minimum absolute atomic E-state index is 0.175. The lowest BCUT2D eigenvalue weighted by atomic mass is 9.88. The fourth-order valence-electron chi connectivity index (χ4n) is 0.840. The number of nitrogens with zero attached hydrogens (tertiary/aromatic N) is 2. The first kappa shape index (κ1) is 11.2. The predicted octanol–water partition coefficient (Wildman–Crippen LogP) is 2.98. The standard InChI is InChI=1S/C10H16ClN3/c1-7(10(2,3)4)14-9-8(11)5-12-6-13-9/h5-7H,1-4H3,(H,12,13,14). The molecule has 1 aromatic rings. The quantitative estimate of drug-likeness (QED) is 0.821. The average Bonchev–Trinajstić information content (AvgIpc) is 2.07. The minimum Gasteiger partial charge on any atom is -0.366 e. The van der Waals surface area contributed by atoms with E-state index >= 15 is 0 Å². The van der Waals surface area contributed by atoms with Crippen LogP contribution in [0, 0.1) is 5.41 Å². The van der Waals surface area contributed by atoms with Crippen molar-refractivity contribution in [1.82, 2.24) is 9.97 Å². The average molecular weight is 214 g/mol. The molecular weight excluding hydrogens is 198 g/mol. The van der Waals surface area contributed by atoms with Crippen molar-refractivity contribution < 1.29 is 0 Å². The summed E-state index contributed by atoms with van der Waals surface area (Å²) in [5.41, 5.74) is 0.175. The molecule has 0 aromatic carbocycles. The maximum atomic E-state index is 5.93. The van der Waals surface area contributed by atoms with Crippen molar-refractivity contribution in [3.8, 4) is 0 Å². The third kappa shape index (κ3) is 2.84. The molecule has 0 saturated heterocycles. The summed E-state index contributed by atoms with van der Waals surface area (Å²) in [7, 11) is 0. The molecule has 0 fully saturated rings. The maximum Gasteiger partial charge on any atom is 0.148 e. The van der Waals surface area contributed by atoms with Gasteiger partial charge in [0.25, 0.3) is 0 Å². The van der Waals surface area contributed by atoms with E-state index in [2.05, 4.69) is 43.0 Å². The summed E-state index contributed by atoms with van der Waals surface area (Å²) in [4.78, 5) is 7.91. The second-order valence-corrected chi connectivity index (χ2v) is 4.86. The molecule has 4 heteroatoms. The van der Waals surface area contributed by atoms with Gasteiger partial charge in [-0.25, -0.2) is 9.97 Å². The van der Waals surface area contributed by atoms with Gasteiger partial charge in [0.05, 0.1) is 6.20 Å². The largest absolute Gasteiger partial charge is 0.366 e. The zero-order valence-corrected chi connectivity index (χ0v) is 9.76. The molecule has 0 amide bonds. The molecule has 1 rings (SSSR count). The number of hydrogen-bond donors (Lipinski definition) is 1. The Labute approximate surface area is 89.9 Å². The Hall–Kier alpha value is -0.830. The number of nitrogens with one attached hydrogen (secondary N) is 1. The van der Waals surface area contributed by atoms with E-state index in [-0.39, 0.29) is 5.41 Å². The van der Waals surface area contributed by atoms with Crippen molar-refractivity contribution in [3.63, 3.8) is 0 Å². The summed E-state index contributed by atoms with van der Waals surface area (Å²) in [5, 5.41) is 3.83. The van der Waals surface area contributed by atoms with Gasteiger partial charge in [-0.2, -0.15) is 0 Å². The van der Waals surface area contributed by atoms with Crippen LogP contribution in [-0.2, 0) is 0 Å². The van der Waals surface area contributed by atoms with E-state index in [1.165, 1.54) is 6.33 Å². The van der Waals surface area contributed by atoms with Crippen molar-refractivity contribution in [2.24, 2.45) is 5.41 Å².